The van der Waals surface area contributed by atoms with E-state index in [1.807, 2.05) is 60.7 Å². The molecule has 0 spiro atoms. The lowest BCUT2D eigenvalue weighted by atomic mass is 9.88. The second-order valence-corrected chi connectivity index (χ2v) is 13.1. The summed E-state index contributed by atoms with van der Waals surface area (Å²) in [6.07, 6.45) is 0. The van der Waals surface area contributed by atoms with Crippen LogP contribution in [0, 0.1) is 0 Å². The van der Waals surface area contributed by atoms with E-state index in [0.717, 1.165) is 65.7 Å². The van der Waals surface area contributed by atoms with E-state index in [4.69, 9.17) is 8.83 Å². The van der Waals surface area contributed by atoms with Gasteiger partial charge in [-0.2, -0.15) is 0 Å². The molecule has 0 bridgehead atoms. The zero-order valence-electron chi connectivity index (χ0n) is 26.5. The molecule has 0 N–H and O–H groups in total. The molecule has 234 valence electrons. The highest BCUT2D eigenvalue weighted by Gasteiger charge is 2.31. The van der Waals surface area contributed by atoms with E-state index < -0.39 is 0 Å². The summed E-state index contributed by atoms with van der Waals surface area (Å²) in [5.41, 5.74) is 9.12. The molecule has 0 aliphatic heterocycles. The van der Waals surface area contributed by atoms with Gasteiger partial charge < -0.3 is 13.4 Å². The molecule has 3 heterocycles. The molecule has 5 nitrogen and oxygen atoms in total. The van der Waals surface area contributed by atoms with Crippen LogP contribution in [-0.2, 0) is 0 Å². The molecule has 0 amide bonds. The fraction of sp³-hybridized carbons (Fsp3) is 0.0222. The molecule has 0 saturated heterocycles. The van der Waals surface area contributed by atoms with Gasteiger partial charge in [0.25, 0.3) is 0 Å². The standard InChI is InChI=1S/C45H25NO4/c47-44-37-23-36-32(21-33(37)29-14-4-7-18-41(29)49-44)27-12-1-2-16-31(27)43(36)25-10-9-11-26(20-25)46-39-17-6-3-13-28(39)35-22-34-30-15-5-8-19-42(30)50-45(48)38(34)24-40(35)46/h1-24,43H. The molecule has 0 radical (unpaired) electrons. The van der Waals surface area contributed by atoms with Crippen LogP contribution < -0.4 is 11.3 Å². The predicted molar refractivity (Wildman–Crippen MR) is 201 cm³/mol. The summed E-state index contributed by atoms with van der Waals surface area (Å²) < 4.78 is 13.8. The molecule has 1 atom stereocenters. The van der Waals surface area contributed by atoms with Gasteiger partial charge in [0, 0.05) is 43.9 Å². The minimum Gasteiger partial charge on any atom is -0.422 e. The molecule has 5 heteroatoms. The van der Waals surface area contributed by atoms with E-state index in [-0.39, 0.29) is 17.2 Å². The Kier molecular flexibility index (Phi) is 5.40. The number of rotatable bonds is 2. The Hall–Kier alpha value is -6.72. The Labute approximate surface area is 283 Å². The van der Waals surface area contributed by atoms with Crippen LogP contribution in [0.2, 0.25) is 0 Å². The van der Waals surface area contributed by atoms with Gasteiger partial charge in [-0.25, -0.2) is 9.59 Å². The van der Waals surface area contributed by atoms with Crippen LogP contribution in [0.4, 0.5) is 0 Å². The lowest BCUT2D eigenvalue weighted by Crippen LogP contribution is -2.04. The highest BCUT2D eigenvalue weighted by molar-refractivity contribution is 6.17. The van der Waals surface area contributed by atoms with Crippen molar-refractivity contribution in [1.82, 2.24) is 4.57 Å². The van der Waals surface area contributed by atoms with E-state index >= 15 is 0 Å². The smallest absolute Gasteiger partial charge is 0.344 e. The van der Waals surface area contributed by atoms with E-state index in [0.29, 0.717) is 21.9 Å². The van der Waals surface area contributed by atoms with Crippen molar-refractivity contribution in [3.8, 4) is 16.8 Å². The SMILES string of the molecule is O=c1oc2ccccc2c2cc3c(cc12)C(c1cccc(-n2c4ccccc4c4cc5c(cc42)c(=O)oc2ccccc25)c1)c1ccccc1-3. The number of hydrogen-bond donors (Lipinski definition) is 0. The largest absolute Gasteiger partial charge is 0.422 e. The molecule has 3 aromatic heterocycles. The van der Waals surface area contributed by atoms with Crippen molar-refractivity contribution in [2.45, 2.75) is 5.92 Å². The minimum atomic E-state index is -0.352. The summed E-state index contributed by atoms with van der Waals surface area (Å²) >= 11 is 0. The Bertz CT molecular complexity index is 3220. The van der Waals surface area contributed by atoms with Crippen LogP contribution in [0.25, 0.3) is 82.1 Å². The molecule has 7 aromatic carbocycles. The monoisotopic (exact) mass is 643 g/mol. The average Bonchev–Trinajstić information content (AvgIpc) is 3.66. The number of nitrogens with zero attached hydrogens (tertiary/aromatic N) is 1. The highest BCUT2D eigenvalue weighted by Crippen LogP contribution is 2.50. The fourth-order valence-electron chi connectivity index (χ4n) is 8.40. The van der Waals surface area contributed by atoms with Crippen molar-refractivity contribution in [3.05, 3.63) is 183 Å². The van der Waals surface area contributed by atoms with Crippen LogP contribution in [0.15, 0.2) is 164 Å². The van der Waals surface area contributed by atoms with E-state index in [2.05, 4.69) is 89.5 Å². The third-order valence-corrected chi connectivity index (χ3v) is 10.5. The van der Waals surface area contributed by atoms with Gasteiger partial charge in [0.15, 0.2) is 0 Å². The average molecular weight is 644 g/mol. The molecule has 11 rings (SSSR count). The molecule has 1 unspecified atom stereocenters. The van der Waals surface area contributed by atoms with Crippen molar-refractivity contribution < 1.29 is 8.83 Å². The lowest BCUT2D eigenvalue weighted by molar-refractivity contribution is 0.569. The Morgan fingerprint density at radius 2 is 1.06 bits per heavy atom. The highest BCUT2D eigenvalue weighted by atomic mass is 16.4. The second-order valence-electron chi connectivity index (χ2n) is 13.1. The van der Waals surface area contributed by atoms with Gasteiger partial charge in [-0.15, -0.1) is 0 Å². The van der Waals surface area contributed by atoms with Gasteiger partial charge in [0.2, 0.25) is 0 Å². The van der Waals surface area contributed by atoms with Crippen molar-refractivity contribution in [3.63, 3.8) is 0 Å². The van der Waals surface area contributed by atoms with Crippen LogP contribution in [-0.4, -0.2) is 4.57 Å². The van der Waals surface area contributed by atoms with Gasteiger partial charge in [-0.1, -0.05) is 91.0 Å². The summed E-state index contributed by atoms with van der Waals surface area (Å²) in [6, 6.07) is 49.2. The summed E-state index contributed by atoms with van der Waals surface area (Å²) in [5, 5.41) is 6.92. The first-order valence-corrected chi connectivity index (χ1v) is 16.7. The first-order chi connectivity index (χ1) is 24.6. The number of aromatic nitrogens is 1. The van der Waals surface area contributed by atoms with Gasteiger partial charge >= 0.3 is 11.3 Å². The number of para-hydroxylation sites is 3. The van der Waals surface area contributed by atoms with E-state index in [1.165, 1.54) is 11.1 Å². The third-order valence-electron chi connectivity index (χ3n) is 10.5. The van der Waals surface area contributed by atoms with Gasteiger partial charge in [-0.3, -0.25) is 0 Å². The van der Waals surface area contributed by atoms with Crippen molar-refractivity contribution >= 4 is 65.3 Å². The topological polar surface area (TPSA) is 65.3 Å². The molecule has 50 heavy (non-hydrogen) atoms. The zero-order chi connectivity index (χ0) is 33.1. The van der Waals surface area contributed by atoms with Crippen molar-refractivity contribution in [2.24, 2.45) is 0 Å². The van der Waals surface area contributed by atoms with Crippen molar-refractivity contribution in [1.29, 1.82) is 0 Å². The number of fused-ring (bicyclic) bond motifs is 12. The van der Waals surface area contributed by atoms with Gasteiger partial charge in [-0.05, 0) is 82.4 Å². The maximum Gasteiger partial charge on any atom is 0.344 e. The molecule has 0 saturated carbocycles. The molecule has 1 aliphatic rings. The second kappa shape index (κ2) is 9.91. The zero-order valence-corrected chi connectivity index (χ0v) is 26.5. The molecule has 1 aliphatic carbocycles. The molecule has 0 fully saturated rings. The van der Waals surface area contributed by atoms with E-state index in [1.54, 1.807) is 0 Å². The van der Waals surface area contributed by atoms with Crippen LogP contribution in [0.5, 0.6) is 0 Å². The molecular formula is C45H25NO4. The predicted octanol–water partition coefficient (Wildman–Crippen LogP) is 10.5. The minimum absolute atomic E-state index is 0.0938. The summed E-state index contributed by atoms with van der Waals surface area (Å²) in [7, 11) is 0. The maximum absolute atomic E-state index is 13.4. The number of hydrogen-bond acceptors (Lipinski definition) is 4. The van der Waals surface area contributed by atoms with Gasteiger partial charge in [0.05, 0.1) is 21.8 Å². The van der Waals surface area contributed by atoms with Crippen molar-refractivity contribution in [2.75, 3.05) is 0 Å². The Morgan fingerprint density at radius 3 is 1.84 bits per heavy atom. The molecular weight excluding hydrogens is 618 g/mol. The lowest BCUT2D eigenvalue weighted by Gasteiger charge is -2.17. The van der Waals surface area contributed by atoms with E-state index in [9.17, 15) is 9.59 Å². The summed E-state index contributed by atoms with van der Waals surface area (Å²) in [4.78, 5) is 26.7. The first-order valence-electron chi connectivity index (χ1n) is 16.7. The van der Waals surface area contributed by atoms with Crippen LogP contribution in [0.1, 0.15) is 22.6 Å². The summed E-state index contributed by atoms with van der Waals surface area (Å²) in [6.45, 7) is 0. The Balaban J connectivity index is 1.17. The van der Waals surface area contributed by atoms with Crippen LogP contribution in [0.3, 0.4) is 0 Å². The third kappa shape index (κ3) is 3.66. The quantitative estimate of drug-likeness (QED) is 0.139. The normalized spacial score (nSPS) is 14.0. The number of benzene rings is 7. The Morgan fingerprint density at radius 1 is 0.420 bits per heavy atom. The first kappa shape index (κ1) is 27.3. The molecule has 10 aromatic rings. The fourth-order valence-corrected chi connectivity index (χ4v) is 8.40. The summed E-state index contributed by atoms with van der Waals surface area (Å²) in [5.74, 6) is -0.0938. The maximum atomic E-state index is 13.4. The van der Waals surface area contributed by atoms with Crippen LogP contribution >= 0.6 is 0 Å². The van der Waals surface area contributed by atoms with Gasteiger partial charge in [0.1, 0.15) is 11.2 Å².